The Labute approximate surface area is 174 Å². The fourth-order valence-corrected chi connectivity index (χ4v) is 1.30. The number of fused-ring (bicyclic) bond motifs is 1. The van der Waals surface area contributed by atoms with Gasteiger partial charge in [0.15, 0.2) is 5.65 Å². The SMILES string of the molecule is CC(=O)NN.CC(C#N)=N/C=C\C#N.Cc1nc2ccnc(C)n2n1.N#C/C=C\N. The van der Waals surface area contributed by atoms with Gasteiger partial charge in [-0.3, -0.25) is 10.2 Å². The summed E-state index contributed by atoms with van der Waals surface area (Å²) < 4.78 is 1.73. The fraction of sp³-hybridized carbons (Fsp3) is 0.222. The molecular weight excluding hydrogens is 386 g/mol. The smallest absolute Gasteiger partial charge is 0.230 e. The van der Waals surface area contributed by atoms with Gasteiger partial charge < -0.3 is 5.73 Å². The number of nitriles is 3. The second-order valence-corrected chi connectivity index (χ2v) is 4.88. The van der Waals surface area contributed by atoms with Crippen molar-refractivity contribution >= 4 is 17.3 Å². The second-order valence-electron chi connectivity index (χ2n) is 4.88. The molecule has 0 saturated carbocycles. The average molecular weight is 409 g/mol. The first kappa shape index (κ1) is 27.6. The van der Waals surface area contributed by atoms with Crippen LogP contribution in [-0.2, 0) is 4.79 Å². The average Bonchev–Trinajstić information content (AvgIpc) is 3.12. The molecule has 2 rings (SSSR count). The van der Waals surface area contributed by atoms with Gasteiger partial charge in [-0.15, -0.1) is 5.10 Å². The Kier molecular flexibility index (Phi) is 16.4. The zero-order valence-electron chi connectivity index (χ0n) is 17.1. The summed E-state index contributed by atoms with van der Waals surface area (Å²) in [5.41, 5.74) is 7.83. The van der Waals surface area contributed by atoms with Crippen LogP contribution in [0.1, 0.15) is 25.5 Å². The summed E-state index contributed by atoms with van der Waals surface area (Å²) in [4.78, 5) is 21.4. The molecule has 0 aliphatic rings. The van der Waals surface area contributed by atoms with Gasteiger partial charge in [-0.25, -0.2) is 20.8 Å². The summed E-state index contributed by atoms with van der Waals surface area (Å²) in [5.74, 6) is 6.00. The van der Waals surface area contributed by atoms with E-state index in [1.54, 1.807) is 29.8 Å². The number of allylic oxidation sites excluding steroid dienone is 2. The van der Waals surface area contributed by atoms with E-state index in [1.807, 2.05) is 31.4 Å². The van der Waals surface area contributed by atoms with Gasteiger partial charge in [-0.2, -0.15) is 20.3 Å². The molecule has 12 nitrogen and oxygen atoms in total. The summed E-state index contributed by atoms with van der Waals surface area (Å²) in [6.45, 7) is 6.69. The summed E-state index contributed by atoms with van der Waals surface area (Å²) in [7, 11) is 0. The molecule has 2 aromatic rings. The Morgan fingerprint density at radius 3 is 2.23 bits per heavy atom. The Balaban J connectivity index is 0. The van der Waals surface area contributed by atoms with Crippen LogP contribution in [0.5, 0.6) is 0 Å². The number of hydrogen-bond acceptors (Lipinski definition) is 10. The van der Waals surface area contributed by atoms with E-state index in [9.17, 15) is 4.79 Å². The van der Waals surface area contributed by atoms with Crippen molar-refractivity contribution in [3.05, 3.63) is 48.5 Å². The standard InChI is InChI=1S/C7H8N4.C6H5N3.C3H4N2.C2H6N2O/c1-5-9-7-3-4-8-6(2)11(7)10-5;1-6(5-8)9-4-2-3-7;4-2-1-3-5;1-2(5)4-3/h3-4H,1-2H3;2,4H,1H3;1-2H,4H2;3H2,1H3,(H,4,5)/b;4-2-,9-6?;2-1-;. The van der Waals surface area contributed by atoms with E-state index in [1.165, 1.54) is 31.5 Å². The van der Waals surface area contributed by atoms with Crippen molar-refractivity contribution in [1.29, 1.82) is 15.8 Å². The molecule has 156 valence electrons. The van der Waals surface area contributed by atoms with E-state index in [0.717, 1.165) is 17.3 Å². The maximum absolute atomic E-state index is 9.58. The fourth-order valence-electron chi connectivity index (χ4n) is 1.30. The minimum atomic E-state index is -0.218. The van der Waals surface area contributed by atoms with E-state index < -0.39 is 0 Å². The van der Waals surface area contributed by atoms with Crippen molar-refractivity contribution in [3.63, 3.8) is 0 Å². The topological polar surface area (TPSA) is 208 Å². The molecular formula is C18H23N11O. The number of carbonyl (C=O) groups excluding carboxylic acids is 1. The van der Waals surface area contributed by atoms with Crippen LogP contribution in [0, 0.1) is 47.8 Å². The second kappa shape index (κ2) is 17.8. The third-order valence-electron chi connectivity index (χ3n) is 2.48. The predicted molar refractivity (Wildman–Crippen MR) is 111 cm³/mol. The van der Waals surface area contributed by atoms with Gasteiger partial charge in [0.2, 0.25) is 5.91 Å². The lowest BCUT2D eigenvalue weighted by atomic mass is 10.5. The van der Waals surface area contributed by atoms with Crippen molar-refractivity contribution in [2.24, 2.45) is 16.6 Å². The normalized spacial score (nSPS) is 9.60. The first-order chi connectivity index (χ1) is 14.3. The van der Waals surface area contributed by atoms with Gasteiger partial charge in [0.05, 0.1) is 12.1 Å². The summed E-state index contributed by atoms with van der Waals surface area (Å²) in [6.07, 6.45) is 6.64. The number of amides is 1. The van der Waals surface area contributed by atoms with Crippen molar-refractivity contribution in [3.8, 4) is 18.2 Å². The molecule has 0 saturated heterocycles. The first-order valence-corrected chi connectivity index (χ1v) is 8.14. The minimum absolute atomic E-state index is 0.218. The van der Waals surface area contributed by atoms with Gasteiger partial charge in [-0.1, -0.05) is 0 Å². The number of hydrogen-bond donors (Lipinski definition) is 3. The van der Waals surface area contributed by atoms with Crippen molar-refractivity contribution in [1.82, 2.24) is 25.0 Å². The number of aryl methyl sites for hydroxylation is 2. The van der Waals surface area contributed by atoms with E-state index in [2.05, 4.69) is 25.9 Å². The van der Waals surface area contributed by atoms with E-state index in [0.29, 0.717) is 5.71 Å². The Morgan fingerprint density at radius 2 is 1.83 bits per heavy atom. The van der Waals surface area contributed by atoms with Crippen molar-refractivity contribution in [2.75, 3.05) is 0 Å². The van der Waals surface area contributed by atoms with Crippen LogP contribution < -0.4 is 17.0 Å². The molecule has 0 spiro atoms. The predicted octanol–water partition coefficient (Wildman–Crippen LogP) is 0.728. The number of nitrogens with zero attached hydrogens (tertiary/aromatic N) is 8. The number of nitrogens with one attached hydrogen (secondary N) is 1. The first-order valence-electron chi connectivity index (χ1n) is 8.14. The molecule has 5 N–H and O–H groups in total. The molecule has 0 aliphatic carbocycles. The number of carbonyl (C=O) groups is 1. The number of aromatic nitrogens is 4. The zero-order valence-corrected chi connectivity index (χ0v) is 17.1. The lowest BCUT2D eigenvalue weighted by molar-refractivity contribution is -0.119. The maximum atomic E-state index is 9.58. The highest BCUT2D eigenvalue weighted by molar-refractivity contribution is 5.96. The van der Waals surface area contributed by atoms with Crippen LogP contribution in [0.2, 0.25) is 0 Å². The lowest BCUT2D eigenvalue weighted by Gasteiger charge is -1.92. The summed E-state index contributed by atoms with van der Waals surface area (Å²) in [5, 5.41) is 27.9. The lowest BCUT2D eigenvalue weighted by Crippen LogP contribution is -2.26. The van der Waals surface area contributed by atoms with Gasteiger partial charge in [0.25, 0.3) is 0 Å². The third-order valence-corrected chi connectivity index (χ3v) is 2.48. The molecule has 0 unspecified atom stereocenters. The number of rotatable bonds is 1. The molecule has 0 atom stereocenters. The van der Waals surface area contributed by atoms with Crippen LogP contribution >= 0.6 is 0 Å². The molecule has 0 aliphatic heterocycles. The van der Waals surface area contributed by atoms with E-state index in [4.69, 9.17) is 21.5 Å². The van der Waals surface area contributed by atoms with Crippen LogP contribution in [0.4, 0.5) is 0 Å². The Bertz CT molecular complexity index is 998. The van der Waals surface area contributed by atoms with Gasteiger partial charge >= 0.3 is 0 Å². The molecule has 0 aromatic carbocycles. The molecule has 0 bridgehead atoms. The monoisotopic (exact) mass is 409 g/mol. The quantitative estimate of drug-likeness (QED) is 0.199. The highest BCUT2D eigenvalue weighted by Crippen LogP contribution is 2.00. The molecule has 0 radical (unpaired) electrons. The van der Waals surface area contributed by atoms with Crippen LogP contribution in [0.3, 0.4) is 0 Å². The van der Waals surface area contributed by atoms with Gasteiger partial charge in [0, 0.05) is 43.7 Å². The zero-order chi connectivity index (χ0) is 23.4. The Hall–Kier alpha value is -4.60. The number of nitrogens with two attached hydrogens (primary N) is 2. The van der Waals surface area contributed by atoms with Gasteiger partial charge in [-0.05, 0) is 20.8 Å². The van der Waals surface area contributed by atoms with Crippen LogP contribution in [0.15, 0.2) is 41.8 Å². The Morgan fingerprint density at radius 1 is 1.23 bits per heavy atom. The molecule has 1 amide bonds. The molecule has 2 heterocycles. The molecule has 12 heteroatoms. The van der Waals surface area contributed by atoms with Crippen LogP contribution in [-0.4, -0.2) is 31.2 Å². The van der Waals surface area contributed by atoms with E-state index in [-0.39, 0.29) is 5.91 Å². The molecule has 30 heavy (non-hydrogen) atoms. The van der Waals surface area contributed by atoms with Crippen LogP contribution in [0.25, 0.3) is 5.65 Å². The van der Waals surface area contributed by atoms with Crippen molar-refractivity contribution < 1.29 is 4.79 Å². The van der Waals surface area contributed by atoms with Crippen molar-refractivity contribution in [2.45, 2.75) is 27.7 Å². The highest BCUT2D eigenvalue weighted by Gasteiger charge is 1.99. The summed E-state index contributed by atoms with van der Waals surface area (Å²) >= 11 is 0. The maximum Gasteiger partial charge on any atom is 0.230 e. The summed E-state index contributed by atoms with van der Waals surface area (Å²) in [6, 6.07) is 7.12. The third kappa shape index (κ3) is 14.6. The molecule has 2 aromatic heterocycles. The highest BCUT2D eigenvalue weighted by atomic mass is 16.2. The molecule has 0 fully saturated rings. The largest absolute Gasteiger partial charge is 0.404 e. The van der Waals surface area contributed by atoms with Gasteiger partial charge in [0.1, 0.15) is 23.4 Å². The minimum Gasteiger partial charge on any atom is -0.404 e. The number of aliphatic imine (C=N–C) groups is 1. The van der Waals surface area contributed by atoms with E-state index >= 15 is 0 Å². The number of hydrazine groups is 1.